The predicted molar refractivity (Wildman–Crippen MR) is 57.0 cm³/mol. The Morgan fingerprint density at radius 2 is 2.46 bits per heavy atom. The largest absolute Gasteiger partial charge is 0.381 e. The van der Waals surface area contributed by atoms with Crippen LogP contribution >= 0.6 is 11.8 Å². The Bertz CT molecular complexity index is 182. The minimum absolute atomic E-state index is 0.329. The van der Waals surface area contributed by atoms with Crippen LogP contribution in [0.5, 0.6) is 0 Å². The second-order valence-corrected chi connectivity index (χ2v) is 5.88. The van der Waals surface area contributed by atoms with Crippen LogP contribution in [0.15, 0.2) is 0 Å². The van der Waals surface area contributed by atoms with E-state index in [1.807, 2.05) is 0 Å². The number of ether oxygens (including phenoxy) is 1. The zero-order valence-corrected chi connectivity index (χ0v) is 9.32. The number of thioether (sulfide) groups is 1. The molecule has 2 fully saturated rings. The van der Waals surface area contributed by atoms with Gasteiger partial charge in [-0.15, -0.1) is 11.8 Å². The fourth-order valence-electron chi connectivity index (χ4n) is 2.40. The Kier molecular flexibility index (Phi) is 2.86. The zero-order valence-electron chi connectivity index (χ0n) is 8.51. The van der Waals surface area contributed by atoms with Gasteiger partial charge in [-0.2, -0.15) is 0 Å². The molecule has 3 heteroatoms. The van der Waals surface area contributed by atoms with Gasteiger partial charge in [-0.3, -0.25) is 0 Å². The first kappa shape index (κ1) is 9.81. The number of hydrogen-bond donors (Lipinski definition) is 1. The molecule has 0 amide bonds. The summed E-state index contributed by atoms with van der Waals surface area (Å²) in [6.07, 6.45) is 2.45. The molecule has 0 bridgehead atoms. The number of hydrogen-bond acceptors (Lipinski definition) is 3. The lowest BCUT2D eigenvalue weighted by atomic mass is 9.96. The van der Waals surface area contributed by atoms with Crippen LogP contribution in [0.3, 0.4) is 0 Å². The van der Waals surface area contributed by atoms with Crippen molar-refractivity contribution in [3.05, 3.63) is 0 Å². The molecule has 2 nitrogen and oxygen atoms in total. The van der Waals surface area contributed by atoms with E-state index in [-0.39, 0.29) is 0 Å². The highest BCUT2D eigenvalue weighted by molar-refractivity contribution is 8.01. The fourth-order valence-corrected chi connectivity index (χ4v) is 4.00. The molecule has 13 heavy (non-hydrogen) atoms. The summed E-state index contributed by atoms with van der Waals surface area (Å²) in [4.78, 5) is 0.329. The van der Waals surface area contributed by atoms with Crippen LogP contribution < -0.4 is 5.32 Å². The third-order valence-electron chi connectivity index (χ3n) is 3.21. The maximum Gasteiger partial charge on any atom is 0.0697 e. The van der Waals surface area contributed by atoms with E-state index in [0.29, 0.717) is 4.87 Å². The molecule has 2 heterocycles. The monoisotopic (exact) mass is 201 g/mol. The summed E-state index contributed by atoms with van der Waals surface area (Å²) >= 11 is 2.12. The molecule has 0 aromatic heterocycles. The Morgan fingerprint density at radius 3 is 2.92 bits per heavy atom. The first-order chi connectivity index (χ1) is 6.27. The maximum absolute atomic E-state index is 5.48. The second-order valence-electron chi connectivity index (χ2n) is 4.11. The van der Waals surface area contributed by atoms with Crippen molar-refractivity contribution in [3.63, 3.8) is 0 Å². The second kappa shape index (κ2) is 3.79. The molecule has 0 aliphatic carbocycles. The molecule has 2 rings (SSSR count). The average molecular weight is 201 g/mol. The van der Waals surface area contributed by atoms with E-state index >= 15 is 0 Å². The van der Waals surface area contributed by atoms with E-state index in [2.05, 4.69) is 30.9 Å². The molecule has 2 saturated heterocycles. The highest BCUT2D eigenvalue weighted by Crippen LogP contribution is 2.43. The van der Waals surface area contributed by atoms with Gasteiger partial charge >= 0.3 is 0 Å². The summed E-state index contributed by atoms with van der Waals surface area (Å²) in [7, 11) is 0. The van der Waals surface area contributed by atoms with E-state index < -0.39 is 0 Å². The Balaban J connectivity index is 2.06. The Morgan fingerprint density at radius 1 is 1.62 bits per heavy atom. The van der Waals surface area contributed by atoms with Gasteiger partial charge in [-0.25, -0.2) is 0 Å². The normalized spacial score (nSPS) is 45.7. The van der Waals surface area contributed by atoms with Gasteiger partial charge in [0.05, 0.1) is 11.5 Å². The van der Waals surface area contributed by atoms with Crippen molar-refractivity contribution in [2.45, 2.75) is 36.8 Å². The topological polar surface area (TPSA) is 21.3 Å². The molecule has 3 unspecified atom stereocenters. The van der Waals surface area contributed by atoms with Crippen LogP contribution in [-0.4, -0.2) is 29.9 Å². The smallest absolute Gasteiger partial charge is 0.0697 e. The molecule has 0 radical (unpaired) electrons. The van der Waals surface area contributed by atoms with Crippen molar-refractivity contribution in [1.82, 2.24) is 5.32 Å². The van der Waals surface area contributed by atoms with Gasteiger partial charge in [0.1, 0.15) is 0 Å². The highest BCUT2D eigenvalue weighted by atomic mass is 32.2. The fraction of sp³-hybridized carbons (Fsp3) is 1.00. The lowest BCUT2D eigenvalue weighted by Crippen LogP contribution is -2.44. The lowest BCUT2D eigenvalue weighted by Gasteiger charge is -2.33. The van der Waals surface area contributed by atoms with Crippen molar-refractivity contribution >= 4 is 11.8 Å². The van der Waals surface area contributed by atoms with Crippen molar-refractivity contribution in [2.75, 3.05) is 19.8 Å². The van der Waals surface area contributed by atoms with E-state index in [1.165, 1.54) is 12.8 Å². The quantitative estimate of drug-likeness (QED) is 0.737. The molecule has 0 aromatic carbocycles. The van der Waals surface area contributed by atoms with Gasteiger partial charge in [0.25, 0.3) is 0 Å². The van der Waals surface area contributed by atoms with Crippen molar-refractivity contribution in [2.24, 2.45) is 5.92 Å². The molecule has 3 atom stereocenters. The molecule has 76 valence electrons. The summed E-state index contributed by atoms with van der Waals surface area (Å²) in [5.74, 6) is 0.729. The molecule has 0 saturated carbocycles. The molecule has 2 aliphatic heterocycles. The van der Waals surface area contributed by atoms with Crippen LogP contribution in [0.25, 0.3) is 0 Å². The summed E-state index contributed by atoms with van der Waals surface area (Å²) < 4.78 is 5.48. The lowest BCUT2D eigenvalue weighted by molar-refractivity contribution is 0.172. The summed E-state index contributed by atoms with van der Waals surface area (Å²) in [6, 6.07) is 0. The first-order valence-electron chi connectivity index (χ1n) is 5.27. The predicted octanol–water partition coefficient (Wildman–Crippen LogP) is 1.85. The SMILES string of the molecule is CCC1(C2CCOC2)NCC(C)S1. The summed E-state index contributed by atoms with van der Waals surface area (Å²) in [6.45, 7) is 7.68. The molecule has 2 aliphatic rings. The van der Waals surface area contributed by atoms with Gasteiger partial charge in [-0.1, -0.05) is 13.8 Å². The Hall–Kier alpha value is 0.270. The zero-order chi connectivity index (χ0) is 9.31. The standard InChI is InChI=1S/C10H19NOS/c1-3-10(9-4-5-12-7-9)11-6-8(2)13-10/h8-9,11H,3-7H2,1-2H3. The van der Waals surface area contributed by atoms with Crippen LogP contribution in [0, 0.1) is 5.92 Å². The number of nitrogens with one attached hydrogen (secondary N) is 1. The summed E-state index contributed by atoms with van der Waals surface area (Å²) in [5, 5.41) is 4.46. The van der Waals surface area contributed by atoms with E-state index in [0.717, 1.165) is 30.9 Å². The maximum atomic E-state index is 5.48. The molecular weight excluding hydrogens is 182 g/mol. The molecule has 1 N–H and O–H groups in total. The highest BCUT2D eigenvalue weighted by Gasteiger charge is 2.44. The van der Waals surface area contributed by atoms with E-state index in [9.17, 15) is 0 Å². The van der Waals surface area contributed by atoms with Crippen molar-refractivity contribution in [3.8, 4) is 0 Å². The molecular formula is C10H19NOS. The minimum atomic E-state index is 0.329. The van der Waals surface area contributed by atoms with Crippen molar-refractivity contribution < 1.29 is 4.74 Å². The minimum Gasteiger partial charge on any atom is -0.381 e. The van der Waals surface area contributed by atoms with Crippen LogP contribution in [-0.2, 0) is 4.74 Å². The van der Waals surface area contributed by atoms with Gasteiger partial charge in [0.2, 0.25) is 0 Å². The van der Waals surface area contributed by atoms with Gasteiger partial charge in [-0.05, 0) is 12.8 Å². The van der Waals surface area contributed by atoms with Crippen LogP contribution in [0.4, 0.5) is 0 Å². The van der Waals surface area contributed by atoms with Gasteiger partial charge in [0, 0.05) is 24.3 Å². The van der Waals surface area contributed by atoms with E-state index in [4.69, 9.17) is 4.74 Å². The van der Waals surface area contributed by atoms with Crippen LogP contribution in [0.2, 0.25) is 0 Å². The Labute approximate surface area is 84.8 Å². The van der Waals surface area contributed by atoms with Gasteiger partial charge in [0.15, 0.2) is 0 Å². The van der Waals surface area contributed by atoms with Crippen molar-refractivity contribution in [1.29, 1.82) is 0 Å². The first-order valence-corrected chi connectivity index (χ1v) is 6.15. The van der Waals surface area contributed by atoms with E-state index in [1.54, 1.807) is 0 Å². The average Bonchev–Trinajstić information content (AvgIpc) is 2.73. The molecule has 0 aromatic rings. The third-order valence-corrected chi connectivity index (χ3v) is 4.97. The number of rotatable bonds is 2. The van der Waals surface area contributed by atoms with Gasteiger partial charge < -0.3 is 10.1 Å². The molecule has 0 spiro atoms. The van der Waals surface area contributed by atoms with Crippen LogP contribution in [0.1, 0.15) is 26.7 Å². The third kappa shape index (κ3) is 1.74. The summed E-state index contributed by atoms with van der Waals surface area (Å²) in [5.41, 5.74) is 0.